The Labute approximate surface area is 223 Å². The SMILES string of the molecule is CCOC(=O)c1ccc(C(CCc2ccccc2)(CCN(C(C)C)C(C)C)OCc2ccccc2)cc1. The van der Waals surface area contributed by atoms with Crippen LogP contribution in [0.2, 0.25) is 0 Å². The van der Waals surface area contributed by atoms with Crippen molar-refractivity contribution in [2.45, 2.75) is 78.2 Å². The molecule has 3 aromatic rings. The smallest absolute Gasteiger partial charge is 0.338 e. The van der Waals surface area contributed by atoms with Gasteiger partial charge in [0.2, 0.25) is 0 Å². The predicted molar refractivity (Wildman–Crippen MR) is 152 cm³/mol. The highest BCUT2D eigenvalue weighted by Gasteiger charge is 2.34. The van der Waals surface area contributed by atoms with Crippen LogP contribution in [0.15, 0.2) is 84.9 Å². The van der Waals surface area contributed by atoms with Gasteiger partial charge in [-0.1, -0.05) is 72.8 Å². The van der Waals surface area contributed by atoms with Crippen molar-refractivity contribution in [3.63, 3.8) is 0 Å². The molecule has 1 atom stereocenters. The summed E-state index contributed by atoms with van der Waals surface area (Å²) < 4.78 is 12.2. The Hall–Kier alpha value is -2.95. The minimum absolute atomic E-state index is 0.292. The summed E-state index contributed by atoms with van der Waals surface area (Å²) in [5.41, 5.74) is 3.60. The van der Waals surface area contributed by atoms with Crippen LogP contribution in [0.3, 0.4) is 0 Å². The first-order valence-electron chi connectivity index (χ1n) is 13.6. The topological polar surface area (TPSA) is 38.8 Å². The van der Waals surface area contributed by atoms with Crippen molar-refractivity contribution in [1.82, 2.24) is 4.90 Å². The van der Waals surface area contributed by atoms with Crippen molar-refractivity contribution in [3.05, 3.63) is 107 Å². The molecule has 4 heteroatoms. The molecular formula is C33H43NO3. The summed E-state index contributed by atoms with van der Waals surface area (Å²) in [6.07, 6.45) is 2.59. The Kier molecular flexibility index (Phi) is 10.9. The van der Waals surface area contributed by atoms with E-state index in [-0.39, 0.29) is 5.97 Å². The molecule has 1 unspecified atom stereocenters. The minimum Gasteiger partial charge on any atom is -0.462 e. The number of rotatable bonds is 14. The van der Waals surface area contributed by atoms with Crippen LogP contribution in [0.5, 0.6) is 0 Å². The second-order valence-electron chi connectivity index (χ2n) is 10.2. The number of ether oxygens (including phenoxy) is 2. The lowest BCUT2D eigenvalue weighted by Gasteiger charge is -2.39. The average Bonchev–Trinajstić information content (AvgIpc) is 2.91. The van der Waals surface area contributed by atoms with Crippen LogP contribution in [-0.4, -0.2) is 36.1 Å². The summed E-state index contributed by atoms with van der Waals surface area (Å²) in [6.45, 7) is 12.6. The molecule has 0 saturated heterocycles. The van der Waals surface area contributed by atoms with E-state index in [0.29, 0.717) is 30.9 Å². The van der Waals surface area contributed by atoms with Gasteiger partial charge in [-0.25, -0.2) is 4.79 Å². The van der Waals surface area contributed by atoms with Crippen molar-refractivity contribution in [3.8, 4) is 0 Å². The van der Waals surface area contributed by atoms with Gasteiger partial charge in [0.05, 0.1) is 24.4 Å². The second-order valence-corrected chi connectivity index (χ2v) is 10.2. The molecular weight excluding hydrogens is 458 g/mol. The highest BCUT2D eigenvalue weighted by molar-refractivity contribution is 5.89. The van der Waals surface area contributed by atoms with Crippen LogP contribution < -0.4 is 0 Å². The normalized spacial score (nSPS) is 13.2. The summed E-state index contributed by atoms with van der Waals surface area (Å²) in [5, 5.41) is 0. The van der Waals surface area contributed by atoms with E-state index >= 15 is 0 Å². The molecule has 0 spiro atoms. The monoisotopic (exact) mass is 501 g/mol. The third-order valence-electron chi connectivity index (χ3n) is 7.04. The Morgan fingerprint density at radius 1 is 0.784 bits per heavy atom. The Morgan fingerprint density at radius 2 is 1.35 bits per heavy atom. The number of hydrogen-bond acceptors (Lipinski definition) is 4. The van der Waals surface area contributed by atoms with Crippen LogP contribution in [0.25, 0.3) is 0 Å². The van der Waals surface area contributed by atoms with Crippen molar-refractivity contribution in [2.24, 2.45) is 0 Å². The summed E-state index contributed by atoms with van der Waals surface area (Å²) in [7, 11) is 0. The van der Waals surface area contributed by atoms with Gasteiger partial charge < -0.3 is 9.47 Å². The van der Waals surface area contributed by atoms with Gasteiger partial charge in [0, 0.05) is 18.6 Å². The van der Waals surface area contributed by atoms with Gasteiger partial charge in [-0.2, -0.15) is 0 Å². The third kappa shape index (κ3) is 8.28. The zero-order chi connectivity index (χ0) is 26.7. The Bertz CT molecular complexity index is 1010. The van der Waals surface area contributed by atoms with Gasteiger partial charge in [-0.15, -0.1) is 0 Å². The molecule has 198 valence electrons. The fourth-order valence-corrected chi connectivity index (χ4v) is 4.97. The number of hydrogen-bond donors (Lipinski definition) is 0. The quantitative estimate of drug-likeness (QED) is 0.216. The van der Waals surface area contributed by atoms with Gasteiger partial charge >= 0.3 is 5.97 Å². The molecule has 0 heterocycles. The lowest BCUT2D eigenvalue weighted by atomic mass is 9.83. The molecule has 0 aliphatic carbocycles. The fraction of sp³-hybridized carbons (Fsp3) is 0.424. The molecule has 0 aliphatic rings. The first-order chi connectivity index (χ1) is 17.8. The predicted octanol–water partition coefficient (Wildman–Crippen LogP) is 7.42. The van der Waals surface area contributed by atoms with Crippen molar-refractivity contribution in [2.75, 3.05) is 13.2 Å². The van der Waals surface area contributed by atoms with E-state index < -0.39 is 5.60 Å². The van der Waals surface area contributed by atoms with Gasteiger partial charge in [-0.05, 0) is 82.7 Å². The minimum atomic E-state index is -0.513. The maximum atomic E-state index is 12.3. The molecule has 0 radical (unpaired) electrons. The Morgan fingerprint density at radius 3 is 1.89 bits per heavy atom. The summed E-state index contributed by atoms with van der Waals surface area (Å²) >= 11 is 0. The van der Waals surface area contributed by atoms with Crippen LogP contribution in [0, 0.1) is 0 Å². The molecule has 0 N–H and O–H groups in total. The van der Waals surface area contributed by atoms with Crippen LogP contribution in [0.4, 0.5) is 0 Å². The van der Waals surface area contributed by atoms with E-state index in [1.807, 2.05) is 25.1 Å². The van der Waals surface area contributed by atoms with E-state index in [4.69, 9.17) is 9.47 Å². The molecule has 0 saturated carbocycles. The number of nitrogens with zero attached hydrogens (tertiary/aromatic N) is 1. The standard InChI is InChI=1S/C33H43NO3/c1-6-36-32(35)30-17-19-31(20-18-30)33(22-21-28-13-9-7-10-14-28,23-24-34(26(2)3)27(4)5)37-25-29-15-11-8-12-16-29/h7-20,26-27H,6,21-25H2,1-5H3. The van der Waals surface area contributed by atoms with Gasteiger partial charge in [0.1, 0.15) is 0 Å². The molecule has 0 aromatic heterocycles. The number of carbonyl (C=O) groups is 1. The van der Waals surface area contributed by atoms with E-state index in [1.165, 1.54) is 5.56 Å². The lowest BCUT2D eigenvalue weighted by molar-refractivity contribution is -0.0811. The molecule has 37 heavy (non-hydrogen) atoms. The van der Waals surface area contributed by atoms with Gasteiger partial charge in [0.15, 0.2) is 0 Å². The zero-order valence-electron chi connectivity index (χ0n) is 23.2. The number of aryl methyl sites for hydroxylation is 1. The summed E-state index contributed by atoms with van der Waals surface area (Å²) in [6, 6.07) is 29.7. The largest absolute Gasteiger partial charge is 0.462 e. The van der Waals surface area contributed by atoms with E-state index in [0.717, 1.165) is 36.9 Å². The Balaban J connectivity index is 1.99. The molecule has 0 fully saturated rings. The number of benzene rings is 3. The number of carbonyl (C=O) groups excluding carboxylic acids is 1. The van der Waals surface area contributed by atoms with Crippen molar-refractivity contribution < 1.29 is 14.3 Å². The molecule has 0 bridgehead atoms. The highest BCUT2D eigenvalue weighted by atomic mass is 16.5. The number of esters is 1. The van der Waals surface area contributed by atoms with Gasteiger partial charge in [-0.3, -0.25) is 4.90 Å². The highest BCUT2D eigenvalue weighted by Crippen LogP contribution is 2.37. The van der Waals surface area contributed by atoms with Crippen LogP contribution in [-0.2, 0) is 28.1 Å². The van der Waals surface area contributed by atoms with Crippen LogP contribution >= 0.6 is 0 Å². The maximum Gasteiger partial charge on any atom is 0.338 e. The van der Waals surface area contributed by atoms with Gasteiger partial charge in [0.25, 0.3) is 0 Å². The zero-order valence-corrected chi connectivity index (χ0v) is 23.2. The second kappa shape index (κ2) is 14.1. The first kappa shape index (κ1) is 28.6. The third-order valence-corrected chi connectivity index (χ3v) is 7.04. The molecule has 0 aliphatic heterocycles. The molecule has 4 nitrogen and oxygen atoms in total. The summed E-state index contributed by atoms with van der Waals surface area (Å²) in [4.78, 5) is 14.9. The van der Waals surface area contributed by atoms with Crippen molar-refractivity contribution >= 4 is 5.97 Å². The fourth-order valence-electron chi connectivity index (χ4n) is 4.97. The first-order valence-corrected chi connectivity index (χ1v) is 13.6. The molecule has 3 aromatic carbocycles. The summed E-state index contributed by atoms with van der Waals surface area (Å²) in [5.74, 6) is -0.292. The lowest BCUT2D eigenvalue weighted by Crippen LogP contribution is -2.42. The van der Waals surface area contributed by atoms with E-state index in [1.54, 1.807) is 0 Å². The average molecular weight is 502 g/mol. The van der Waals surface area contributed by atoms with E-state index in [9.17, 15) is 4.79 Å². The van der Waals surface area contributed by atoms with Crippen LogP contribution in [0.1, 0.15) is 74.5 Å². The molecule has 0 amide bonds. The van der Waals surface area contributed by atoms with Crippen molar-refractivity contribution in [1.29, 1.82) is 0 Å². The maximum absolute atomic E-state index is 12.3. The van der Waals surface area contributed by atoms with E-state index in [2.05, 4.69) is 99.3 Å². The molecule has 3 rings (SSSR count).